The van der Waals surface area contributed by atoms with E-state index in [0.717, 1.165) is 0 Å². The summed E-state index contributed by atoms with van der Waals surface area (Å²) in [7, 11) is 1.34. The molecule has 0 aromatic heterocycles. The van der Waals surface area contributed by atoms with Crippen LogP contribution in [-0.2, 0) is 14.3 Å². The highest BCUT2D eigenvalue weighted by atomic mass is 35.5. The minimum atomic E-state index is -0.351. The number of methoxy groups -OCH3 is 1. The Morgan fingerprint density at radius 2 is 2.46 bits per heavy atom. The predicted molar refractivity (Wildman–Crippen MR) is 47.1 cm³/mol. The second-order valence-electron chi connectivity index (χ2n) is 3.12. The number of halogens is 1. The number of esters is 1. The molecule has 0 saturated carbocycles. The average molecular weight is 206 g/mol. The number of rotatable bonds is 2. The van der Waals surface area contributed by atoms with Crippen LogP contribution in [0.2, 0.25) is 0 Å². The monoisotopic (exact) mass is 205 g/mol. The van der Waals surface area contributed by atoms with E-state index in [0.29, 0.717) is 12.8 Å². The van der Waals surface area contributed by atoms with Crippen molar-refractivity contribution < 1.29 is 14.3 Å². The van der Waals surface area contributed by atoms with Gasteiger partial charge in [-0.15, -0.1) is 0 Å². The maximum absolute atomic E-state index is 11.0. The van der Waals surface area contributed by atoms with Crippen molar-refractivity contribution in [3.8, 4) is 0 Å². The number of hydrogen-bond acceptors (Lipinski definition) is 3. The van der Waals surface area contributed by atoms with Gasteiger partial charge in [-0.2, -0.15) is 0 Å². The standard InChI is InChI=1S/C8H12ClNO3/c1-13-8(12)4-5-2-6(9)10-7(11)3-5/h5-6H,2-4H2,1H3,(H,10,11). The van der Waals surface area contributed by atoms with Crippen LogP contribution in [0.3, 0.4) is 0 Å². The molecule has 1 aliphatic rings. The summed E-state index contributed by atoms with van der Waals surface area (Å²) in [6.45, 7) is 0. The Labute approximate surface area is 81.6 Å². The fraction of sp³-hybridized carbons (Fsp3) is 0.750. The fourth-order valence-corrected chi connectivity index (χ4v) is 1.78. The summed E-state index contributed by atoms with van der Waals surface area (Å²) < 4.78 is 4.51. The lowest BCUT2D eigenvalue weighted by molar-refractivity contribution is -0.142. The molecule has 1 saturated heterocycles. The molecular weight excluding hydrogens is 194 g/mol. The third-order valence-corrected chi connectivity index (χ3v) is 2.30. The van der Waals surface area contributed by atoms with Crippen molar-refractivity contribution in [2.45, 2.75) is 24.8 Å². The summed E-state index contributed by atoms with van der Waals surface area (Å²) in [6.07, 6.45) is 1.26. The Balaban J connectivity index is 2.41. The van der Waals surface area contributed by atoms with Crippen molar-refractivity contribution >= 4 is 23.5 Å². The van der Waals surface area contributed by atoms with Crippen molar-refractivity contribution in [3.05, 3.63) is 0 Å². The second-order valence-corrected chi connectivity index (χ2v) is 3.65. The first-order valence-corrected chi connectivity index (χ1v) is 4.55. The molecule has 1 rings (SSSR count). The zero-order valence-electron chi connectivity index (χ0n) is 7.38. The number of carbonyl (C=O) groups excluding carboxylic acids is 2. The topological polar surface area (TPSA) is 55.4 Å². The lowest BCUT2D eigenvalue weighted by Gasteiger charge is -2.24. The molecule has 0 aliphatic carbocycles. The Bertz CT molecular complexity index is 219. The van der Waals surface area contributed by atoms with E-state index in [1.807, 2.05) is 0 Å². The maximum Gasteiger partial charge on any atom is 0.305 e. The summed E-state index contributed by atoms with van der Waals surface area (Å²) in [5.74, 6) is -0.368. The van der Waals surface area contributed by atoms with Gasteiger partial charge in [-0.25, -0.2) is 0 Å². The van der Waals surface area contributed by atoms with Gasteiger partial charge >= 0.3 is 5.97 Å². The number of hydrogen-bond donors (Lipinski definition) is 1. The third kappa shape index (κ3) is 3.22. The van der Waals surface area contributed by atoms with Crippen molar-refractivity contribution in [2.24, 2.45) is 5.92 Å². The van der Waals surface area contributed by atoms with Gasteiger partial charge in [-0.3, -0.25) is 9.59 Å². The number of ether oxygens (including phenoxy) is 1. The van der Waals surface area contributed by atoms with Crippen LogP contribution in [0.5, 0.6) is 0 Å². The van der Waals surface area contributed by atoms with Crippen LogP contribution in [0.15, 0.2) is 0 Å². The van der Waals surface area contributed by atoms with E-state index < -0.39 is 0 Å². The molecule has 13 heavy (non-hydrogen) atoms. The number of amides is 1. The van der Waals surface area contributed by atoms with Gasteiger partial charge in [-0.1, -0.05) is 11.6 Å². The van der Waals surface area contributed by atoms with E-state index in [4.69, 9.17) is 11.6 Å². The molecule has 1 amide bonds. The molecule has 0 radical (unpaired) electrons. The van der Waals surface area contributed by atoms with Crippen molar-refractivity contribution in [1.29, 1.82) is 0 Å². The molecule has 2 atom stereocenters. The van der Waals surface area contributed by atoms with Crippen LogP contribution < -0.4 is 5.32 Å². The highest BCUT2D eigenvalue weighted by Gasteiger charge is 2.26. The third-order valence-electron chi connectivity index (χ3n) is 2.01. The van der Waals surface area contributed by atoms with Crippen molar-refractivity contribution in [2.75, 3.05) is 7.11 Å². The number of carbonyl (C=O) groups is 2. The van der Waals surface area contributed by atoms with Gasteiger partial charge < -0.3 is 10.1 Å². The molecule has 0 bridgehead atoms. The van der Waals surface area contributed by atoms with E-state index in [-0.39, 0.29) is 29.7 Å². The van der Waals surface area contributed by atoms with Gasteiger partial charge in [0.15, 0.2) is 0 Å². The van der Waals surface area contributed by atoms with Gasteiger partial charge in [0.1, 0.15) is 5.50 Å². The van der Waals surface area contributed by atoms with Gasteiger partial charge in [0.2, 0.25) is 5.91 Å². The molecule has 1 aliphatic heterocycles. The Kier molecular flexibility index (Phi) is 3.54. The van der Waals surface area contributed by atoms with Crippen LogP contribution in [0.25, 0.3) is 0 Å². The SMILES string of the molecule is COC(=O)CC1CC(=O)NC(Cl)C1. The molecule has 2 unspecified atom stereocenters. The number of piperidine rings is 1. The highest BCUT2D eigenvalue weighted by Crippen LogP contribution is 2.22. The molecule has 1 N–H and O–H groups in total. The first kappa shape index (κ1) is 10.3. The largest absolute Gasteiger partial charge is 0.469 e. The number of alkyl halides is 1. The zero-order chi connectivity index (χ0) is 9.84. The van der Waals surface area contributed by atoms with E-state index in [1.54, 1.807) is 0 Å². The van der Waals surface area contributed by atoms with E-state index in [9.17, 15) is 9.59 Å². The zero-order valence-corrected chi connectivity index (χ0v) is 8.13. The van der Waals surface area contributed by atoms with E-state index in [1.165, 1.54) is 7.11 Å². The van der Waals surface area contributed by atoms with Crippen LogP contribution in [0, 0.1) is 5.92 Å². The predicted octanol–water partition coefficient (Wildman–Crippen LogP) is 0.641. The minimum absolute atomic E-state index is 0.0173. The molecule has 1 fully saturated rings. The highest BCUT2D eigenvalue weighted by molar-refractivity contribution is 6.21. The summed E-state index contributed by atoms with van der Waals surface area (Å²) in [5, 5.41) is 2.57. The Hall–Kier alpha value is -0.770. The van der Waals surface area contributed by atoms with Crippen molar-refractivity contribution in [1.82, 2.24) is 5.32 Å². The second kappa shape index (κ2) is 4.46. The summed E-state index contributed by atoms with van der Waals surface area (Å²) in [5.41, 5.74) is -0.351. The molecule has 1 heterocycles. The van der Waals surface area contributed by atoms with Gasteiger partial charge in [0.05, 0.1) is 7.11 Å². The van der Waals surface area contributed by atoms with Crippen LogP contribution in [-0.4, -0.2) is 24.5 Å². The van der Waals surface area contributed by atoms with Gasteiger partial charge in [-0.05, 0) is 12.3 Å². The maximum atomic E-state index is 11.0. The van der Waals surface area contributed by atoms with Crippen molar-refractivity contribution in [3.63, 3.8) is 0 Å². The first-order chi connectivity index (χ1) is 6.11. The summed E-state index contributed by atoms with van der Waals surface area (Å²) in [6, 6.07) is 0. The van der Waals surface area contributed by atoms with Gasteiger partial charge in [0, 0.05) is 12.8 Å². The lowest BCUT2D eigenvalue weighted by Crippen LogP contribution is -2.39. The number of nitrogens with one attached hydrogen (secondary N) is 1. The van der Waals surface area contributed by atoms with Crippen LogP contribution in [0.4, 0.5) is 0 Å². The average Bonchev–Trinajstić information content (AvgIpc) is 2.02. The lowest BCUT2D eigenvalue weighted by atomic mass is 9.94. The summed E-state index contributed by atoms with van der Waals surface area (Å²) >= 11 is 5.75. The summed E-state index contributed by atoms with van der Waals surface area (Å²) in [4.78, 5) is 21.9. The van der Waals surface area contributed by atoms with E-state index in [2.05, 4.69) is 10.1 Å². The normalized spacial score (nSPS) is 28.0. The smallest absolute Gasteiger partial charge is 0.305 e. The van der Waals surface area contributed by atoms with Gasteiger partial charge in [0.25, 0.3) is 0 Å². The van der Waals surface area contributed by atoms with Crippen LogP contribution in [0.1, 0.15) is 19.3 Å². The molecule has 0 aromatic carbocycles. The minimum Gasteiger partial charge on any atom is -0.469 e. The quantitative estimate of drug-likeness (QED) is 0.409. The molecule has 74 valence electrons. The Morgan fingerprint density at radius 3 is 3.00 bits per heavy atom. The molecule has 0 spiro atoms. The molecular formula is C8H12ClNO3. The Morgan fingerprint density at radius 1 is 1.77 bits per heavy atom. The molecule has 0 aromatic rings. The fourth-order valence-electron chi connectivity index (χ4n) is 1.41. The van der Waals surface area contributed by atoms with Crippen LogP contribution >= 0.6 is 11.6 Å². The molecule has 5 heteroatoms. The van der Waals surface area contributed by atoms with E-state index >= 15 is 0 Å². The first-order valence-electron chi connectivity index (χ1n) is 4.12. The molecule has 4 nitrogen and oxygen atoms in total.